The van der Waals surface area contributed by atoms with E-state index in [9.17, 15) is 19.7 Å². The number of benzene rings is 1. The SMILES string of the molecule is CNC(=O)c1cc(OCCC/C(=N/N)N(C)N)c(NC/C=C/CNC(=O)OC(C)(C)C)c([N+](=O)[O-])c1. The lowest BCUT2D eigenvalue weighted by Crippen LogP contribution is -2.34. The Balaban J connectivity index is 2.96. The molecule has 0 aliphatic heterocycles. The highest BCUT2D eigenvalue weighted by atomic mass is 16.6. The number of rotatable bonds is 12. The molecule has 0 atom stereocenters. The number of nitrogens with zero attached hydrogens (tertiary/aromatic N) is 3. The standard InChI is InChI=1S/C22H36N8O6/c1-22(2,3)36-21(32)27-11-7-6-10-26-19-16(30(33)34)13-15(20(31)25-4)14-17(19)35-12-8-9-18(28-23)29(5)24/h6-7,13-14,26H,8-12,23-24H2,1-5H3,(H,25,31)(H,27,32)/b7-6+,28-18-. The van der Waals surface area contributed by atoms with Gasteiger partial charge in [-0.3, -0.25) is 14.9 Å². The zero-order valence-electron chi connectivity index (χ0n) is 21.3. The van der Waals surface area contributed by atoms with Gasteiger partial charge < -0.3 is 36.3 Å². The largest absolute Gasteiger partial charge is 0.491 e. The summed E-state index contributed by atoms with van der Waals surface area (Å²) in [5.41, 5.74) is -0.740. The fraction of sp³-hybridized carbons (Fsp3) is 0.500. The Morgan fingerprint density at radius 3 is 2.47 bits per heavy atom. The highest BCUT2D eigenvalue weighted by molar-refractivity contribution is 5.96. The summed E-state index contributed by atoms with van der Waals surface area (Å²) in [6.07, 6.45) is 3.67. The van der Waals surface area contributed by atoms with E-state index in [0.29, 0.717) is 18.7 Å². The number of nitrogens with two attached hydrogens (primary N) is 2. The number of hydrogen-bond acceptors (Lipinski definition) is 10. The van der Waals surface area contributed by atoms with E-state index in [2.05, 4.69) is 21.1 Å². The van der Waals surface area contributed by atoms with Gasteiger partial charge in [-0.05, 0) is 33.3 Å². The van der Waals surface area contributed by atoms with E-state index < -0.39 is 22.5 Å². The van der Waals surface area contributed by atoms with E-state index in [1.165, 1.54) is 24.2 Å². The molecule has 14 heteroatoms. The molecule has 0 heterocycles. The molecule has 0 saturated heterocycles. The summed E-state index contributed by atoms with van der Waals surface area (Å²) in [6.45, 7) is 5.83. The number of nitro groups is 1. The summed E-state index contributed by atoms with van der Waals surface area (Å²) in [5.74, 6) is 11.0. The van der Waals surface area contributed by atoms with Crippen LogP contribution in [-0.4, -0.2) is 67.2 Å². The first-order valence-electron chi connectivity index (χ1n) is 11.2. The minimum absolute atomic E-state index is 0.0766. The second kappa shape index (κ2) is 14.4. The van der Waals surface area contributed by atoms with Gasteiger partial charge in [0.05, 0.1) is 11.5 Å². The van der Waals surface area contributed by atoms with Crippen LogP contribution >= 0.6 is 0 Å². The van der Waals surface area contributed by atoms with E-state index in [1.54, 1.807) is 40.0 Å². The van der Waals surface area contributed by atoms with Crippen molar-refractivity contribution in [3.63, 3.8) is 0 Å². The molecule has 1 aromatic carbocycles. The van der Waals surface area contributed by atoms with E-state index in [0.717, 1.165) is 0 Å². The zero-order chi connectivity index (χ0) is 27.3. The number of amides is 2. The first-order valence-corrected chi connectivity index (χ1v) is 11.2. The molecule has 0 radical (unpaired) electrons. The summed E-state index contributed by atoms with van der Waals surface area (Å²) in [6, 6.07) is 2.60. The molecule has 14 nitrogen and oxygen atoms in total. The van der Waals surface area contributed by atoms with Gasteiger partial charge in [-0.1, -0.05) is 12.2 Å². The summed E-state index contributed by atoms with van der Waals surface area (Å²) in [4.78, 5) is 35.0. The molecular weight excluding hydrogens is 472 g/mol. The number of hydrogen-bond donors (Lipinski definition) is 5. The average Bonchev–Trinajstić information content (AvgIpc) is 2.79. The number of carbonyl (C=O) groups is 2. The molecule has 2 amide bonds. The van der Waals surface area contributed by atoms with Crippen molar-refractivity contribution in [1.82, 2.24) is 15.6 Å². The fourth-order valence-corrected chi connectivity index (χ4v) is 2.84. The Morgan fingerprint density at radius 2 is 1.92 bits per heavy atom. The van der Waals surface area contributed by atoms with Crippen molar-refractivity contribution in [2.75, 3.05) is 39.1 Å². The number of ether oxygens (including phenoxy) is 2. The van der Waals surface area contributed by atoms with Crippen LogP contribution in [0, 0.1) is 10.1 Å². The lowest BCUT2D eigenvalue weighted by atomic mass is 10.1. The van der Waals surface area contributed by atoms with Gasteiger partial charge in [0.15, 0.2) is 5.69 Å². The lowest BCUT2D eigenvalue weighted by Gasteiger charge is -2.19. The molecule has 36 heavy (non-hydrogen) atoms. The van der Waals surface area contributed by atoms with Gasteiger partial charge in [-0.2, -0.15) is 5.10 Å². The van der Waals surface area contributed by atoms with Crippen LogP contribution in [-0.2, 0) is 4.74 Å². The predicted octanol–water partition coefficient (Wildman–Crippen LogP) is 1.68. The molecule has 0 aromatic heterocycles. The van der Waals surface area contributed by atoms with Crippen LogP contribution < -0.4 is 32.4 Å². The smallest absolute Gasteiger partial charge is 0.407 e. The van der Waals surface area contributed by atoms with Crippen LogP contribution in [0.1, 0.15) is 44.0 Å². The molecule has 0 spiro atoms. The number of amidine groups is 1. The van der Waals surface area contributed by atoms with Crippen LogP contribution in [0.3, 0.4) is 0 Å². The lowest BCUT2D eigenvalue weighted by molar-refractivity contribution is -0.384. The minimum Gasteiger partial charge on any atom is -0.491 e. The molecule has 1 aromatic rings. The molecule has 200 valence electrons. The number of nitro benzene ring substituents is 1. The third kappa shape index (κ3) is 10.5. The number of hydrazine groups is 1. The summed E-state index contributed by atoms with van der Waals surface area (Å²) in [7, 11) is 3.02. The van der Waals surface area contributed by atoms with Crippen molar-refractivity contribution >= 4 is 29.2 Å². The first kappa shape index (κ1) is 30.0. The molecular formula is C22H36N8O6. The van der Waals surface area contributed by atoms with Crippen LogP contribution in [0.25, 0.3) is 0 Å². The van der Waals surface area contributed by atoms with Crippen molar-refractivity contribution < 1.29 is 24.0 Å². The predicted molar refractivity (Wildman–Crippen MR) is 137 cm³/mol. The number of nitrogens with one attached hydrogen (secondary N) is 3. The topological polar surface area (TPSA) is 199 Å². The maximum atomic E-state index is 12.1. The molecule has 0 unspecified atom stereocenters. The van der Waals surface area contributed by atoms with Gasteiger partial charge in [0, 0.05) is 45.2 Å². The molecule has 0 bridgehead atoms. The number of carbonyl (C=O) groups excluding carboxylic acids is 2. The van der Waals surface area contributed by atoms with Crippen LogP contribution in [0.15, 0.2) is 29.4 Å². The third-order valence-electron chi connectivity index (χ3n) is 4.45. The fourth-order valence-electron chi connectivity index (χ4n) is 2.84. The van der Waals surface area contributed by atoms with E-state index >= 15 is 0 Å². The van der Waals surface area contributed by atoms with Gasteiger partial charge in [0.2, 0.25) is 0 Å². The Labute approximate surface area is 210 Å². The van der Waals surface area contributed by atoms with Gasteiger partial charge in [-0.25, -0.2) is 10.6 Å². The van der Waals surface area contributed by atoms with Gasteiger partial charge >= 0.3 is 6.09 Å². The van der Waals surface area contributed by atoms with E-state index in [-0.39, 0.29) is 42.4 Å². The number of alkyl carbamates (subject to hydrolysis) is 1. The van der Waals surface area contributed by atoms with Gasteiger partial charge in [0.25, 0.3) is 11.6 Å². The maximum absolute atomic E-state index is 12.1. The molecule has 0 saturated carbocycles. The molecule has 0 aliphatic rings. The number of anilines is 1. The second-order valence-corrected chi connectivity index (χ2v) is 8.55. The van der Waals surface area contributed by atoms with E-state index in [4.69, 9.17) is 21.2 Å². The summed E-state index contributed by atoms with van der Waals surface area (Å²) >= 11 is 0. The highest BCUT2D eigenvalue weighted by Gasteiger charge is 2.23. The van der Waals surface area contributed by atoms with Crippen LogP contribution in [0.2, 0.25) is 0 Å². The molecule has 7 N–H and O–H groups in total. The molecule has 0 aliphatic carbocycles. The summed E-state index contributed by atoms with van der Waals surface area (Å²) < 4.78 is 10.9. The van der Waals surface area contributed by atoms with Gasteiger partial charge in [-0.15, -0.1) is 0 Å². The first-order chi connectivity index (χ1) is 16.9. The monoisotopic (exact) mass is 508 g/mol. The quantitative estimate of drug-likeness (QED) is 0.0526. The van der Waals surface area contributed by atoms with Crippen LogP contribution in [0.5, 0.6) is 5.75 Å². The maximum Gasteiger partial charge on any atom is 0.407 e. The molecule has 0 fully saturated rings. The van der Waals surface area contributed by atoms with Gasteiger partial charge in [0.1, 0.15) is 17.2 Å². The van der Waals surface area contributed by atoms with Crippen LogP contribution in [0.4, 0.5) is 16.2 Å². The Bertz CT molecular complexity index is 972. The van der Waals surface area contributed by atoms with Crippen molar-refractivity contribution in [2.24, 2.45) is 16.8 Å². The second-order valence-electron chi connectivity index (χ2n) is 8.55. The van der Waals surface area contributed by atoms with Crippen molar-refractivity contribution in [1.29, 1.82) is 0 Å². The van der Waals surface area contributed by atoms with E-state index in [1.807, 2.05) is 0 Å². The summed E-state index contributed by atoms with van der Waals surface area (Å²) in [5, 5.41) is 24.6. The van der Waals surface area contributed by atoms with Crippen molar-refractivity contribution in [3.05, 3.63) is 40.0 Å². The number of hydrazone groups is 1. The third-order valence-corrected chi connectivity index (χ3v) is 4.45. The Kier molecular flexibility index (Phi) is 11.9. The normalized spacial score (nSPS) is 11.7. The van der Waals surface area contributed by atoms with Crippen molar-refractivity contribution in [2.45, 2.75) is 39.2 Å². The Hall–Kier alpha value is -4.07. The molecule has 1 rings (SSSR count). The minimum atomic E-state index is -0.607. The average molecular weight is 509 g/mol. The van der Waals surface area contributed by atoms with Crippen molar-refractivity contribution in [3.8, 4) is 5.75 Å². The Morgan fingerprint density at radius 1 is 1.25 bits per heavy atom. The highest BCUT2D eigenvalue weighted by Crippen LogP contribution is 2.36. The zero-order valence-corrected chi connectivity index (χ0v) is 21.3.